The van der Waals surface area contributed by atoms with Gasteiger partial charge in [0, 0.05) is 6.54 Å². The van der Waals surface area contributed by atoms with Crippen molar-refractivity contribution in [3.63, 3.8) is 0 Å². The van der Waals surface area contributed by atoms with Gasteiger partial charge in [0.05, 0.1) is 14.2 Å². The molecule has 0 aliphatic carbocycles. The largest absolute Gasteiger partial charge is 0.493 e. The van der Waals surface area contributed by atoms with Crippen LogP contribution in [-0.4, -0.2) is 38.5 Å². The van der Waals surface area contributed by atoms with Crippen molar-refractivity contribution in [1.82, 2.24) is 10.6 Å². The molecule has 0 spiro atoms. The summed E-state index contributed by atoms with van der Waals surface area (Å²) in [5.41, 5.74) is 0.287. The van der Waals surface area contributed by atoms with E-state index < -0.39 is 11.4 Å². The number of methoxy groups -OCH3 is 2. The molecule has 7 nitrogen and oxygen atoms in total. The molecule has 1 saturated heterocycles. The fourth-order valence-electron chi connectivity index (χ4n) is 3.55. The van der Waals surface area contributed by atoms with Crippen LogP contribution in [0.15, 0.2) is 23.2 Å². The van der Waals surface area contributed by atoms with Gasteiger partial charge in [0.1, 0.15) is 11.3 Å². The smallest absolute Gasteiger partial charge is 0.326 e. The molecule has 0 atom stereocenters. The first-order valence-corrected chi connectivity index (χ1v) is 9.39. The van der Waals surface area contributed by atoms with Gasteiger partial charge in [-0.2, -0.15) is 0 Å². The number of imide groups is 1. The summed E-state index contributed by atoms with van der Waals surface area (Å²) in [5.74, 6) is 1.58. The van der Waals surface area contributed by atoms with Crippen LogP contribution in [0.4, 0.5) is 4.79 Å². The minimum Gasteiger partial charge on any atom is -0.493 e. The molecule has 1 aromatic carbocycles. The van der Waals surface area contributed by atoms with Crippen molar-refractivity contribution in [2.75, 3.05) is 20.8 Å². The van der Waals surface area contributed by atoms with Gasteiger partial charge >= 0.3 is 6.03 Å². The van der Waals surface area contributed by atoms with Crippen LogP contribution in [0.1, 0.15) is 45.1 Å². The number of hydrogen-bond donors (Lipinski definition) is 2. The monoisotopic (exact) mass is 375 g/mol. The summed E-state index contributed by atoms with van der Waals surface area (Å²) in [6.07, 6.45) is 3.63. The quantitative estimate of drug-likeness (QED) is 0.694. The standard InChI is InChI=1S/C20H29N3O4/c1-5-10-20(11-6-2)17(22-19(25)23-18(20)24)21-12-9-14-7-8-15(26-3)16(13-14)27-4/h7-8,13H,5-6,9-12H2,1-4H3,(H2,21,22,23,24,25). The first-order valence-electron chi connectivity index (χ1n) is 9.39. The predicted octanol–water partition coefficient (Wildman–Crippen LogP) is 3.07. The molecule has 0 aromatic heterocycles. The van der Waals surface area contributed by atoms with Crippen LogP contribution in [0.25, 0.3) is 0 Å². The summed E-state index contributed by atoms with van der Waals surface area (Å²) in [6, 6.07) is 5.22. The molecule has 1 fully saturated rings. The predicted molar refractivity (Wildman–Crippen MR) is 104 cm³/mol. The topological polar surface area (TPSA) is 89.0 Å². The third kappa shape index (κ3) is 4.59. The highest BCUT2D eigenvalue weighted by molar-refractivity contribution is 6.21. The van der Waals surface area contributed by atoms with Crippen molar-refractivity contribution in [3.8, 4) is 11.5 Å². The maximum atomic E-state index is 12.6. The molecule has 7 heteroatoms. The average Bonchev–Trinajstić information content (AvgIpc) is 2.65. The Kier molecular flexibility index (Phi) is 7.21. The Balaban J connectivity index is 2.21. The molecule has 0 saturated carbocycles. The number of carbonyl (C=O) groups is 2. The van der Waals surface area contributed by atoms with E-state index >= 15 is 0 Å². The zero-order chi connectivity index (χ0) is 19.9. The van der Waals surface area contributed by atoms with Crippen molar-refractivity contribution in [1.29, 1.82) is 0 Å². The molecule has 1 heterocycles. The van der Waals surface area contributed by atoms with Gasteiger partial charge in [0.2, 0.25) is 5.91 Å². The van der Waals surface area contributed by atoms with Crippen LogP contribution in [0.2, 0.25) is 0 Å². The average molecular weight is 375 g/mol. The van der Waals surface area contributed by atoms with E-state index in [1.807, 2.05) is 32.0 Å². The first kappa shape index (κ1) is 20.7. The maximum Gasteiger partial charge on any atom is 0.326 e. The van der Waals surface area contributed by atoms with Gasteiger partial charge in [0.15, 0.2) is 11.5 Å². The lowest BCUT2D eigenvalue weighted by molar-refractivity contribution is -0.127. The number of aliphatic imine (C=N–C) groups is 1. The minimum atomic E-state index is -0.755. The molecule has 1 aromatic rings. The van der Waals surface area contributed by atoms with E-state index in [0.717, 1.165) is 18.4 Å². The van der Waals surface area contributed by atoms with Crippen LogP contribution < -0.4 is 20.1 Å². The summed E-state index contributed by atoms with van der Waals surface area (Å²) in [5, 5.41) is 5.17. The highest BCUT2D eigenvalue weighted by atomic mass is 16.5. The van der Waals surface area contributed by atoms with Crippen molar-refractivity contribution in [3.05, 3.63) is 23.8 Å². The van der Waals surface area contributed by atoms with E-state index in [1.54, 1.807) is 14.2 Å². The number of rotatable bonds is 9. The van der Waals surface area contributed by atoms with E-state index in [4.69, 9.17) is 9.47 Å². The van der Waals surface area contributed by atoms with Gasteiger partial charge in [0.25, 0.3) is 0 Å². The van der Waals surface area contributed by atoms with Crippen LogP contribution in [-0.2, 0) is 11.2 Å². The molecular weight excluding hydrogens is 346 g/mol. The highest BCUT2D eigenvalue weighted by Crippen LogP contribution is 2.33. The third-order valence-corrected chi connectivity index (χ3v) is 4.82. The van der Waals surface area contributed by atoms with E-state index in [1.165, 1.54) is 0 Å². The van der Waals surface area contributed by atoms with Crippen molar-refractivity contribution in [2.45, 2.75) is 46.0 Å². The molecule has 0 unspecified atom stereocenters. The number of amidine groups is 1. The molecule has 27 heavy (non-hydrogen) atoms. The van der Waals surface area contributed by atoms with Gasteiger partial charge in [-0.05, 0) is 37.0 Å². The van der Waals surface area contributed by atoms with Gasteiger partial charge in [-0.3, -0.25) is 20.4 Å². The van der Waals surface area contributed by atoms with Crippen molar-refractivity contribution in [2.24, 2.45) is 10.4 Å². The Morgan fingerprint density at radius 1 is 1.00 bits per heavy atom. The molecule has 0 bridgehead atoms. The van der Waals surface area contributed by atoms with Gasteiger partial charge in [-0.25, -0.2) is 4.79 Å². The number of carbonyl (C=O) groups excluding carboxylic acids is 2. The van der Waals surface area contributed by atoms with Crippen LogP contribution >= 0.6 is 0 Å². The lowest BCUT2D eigenvalue weighted by atomic mass is 9.76. The molecule has 0 radical (unpaired) electrons. The van der Waals surface area contributed by atoms with Crippen molar-refractivity contribution < 1.29 is 19.1 Å². The normalized spacial score (nSPS) is 17.4. The number of amides is 3. The maximum absolute atomic E-state index is 12.6. The second-order valence-electron chi connectivity index (χ2n) is 6.66. The second-order valence-corrected chi connectivity index (χ2v) is 6.66. The van der Waals surface area contributed by atoms with E-state index in [-0.39, 0.29) is 5.91 Å². The van der Waals surface area contributed by atoms with Crippen LogP contribution in [0.5, 0.6) is 11.5 Å². The number of urea groups is 1. The molecule has 1 aliphatic heterocycles. The zero-order valence-corrected chi connectivity index (χ0v) is 16.6. The minimum absolute atomic E-state index is 0.250. The van der Waals surface area contributed by atoms with Crippen LogP contribution in [0.3, 0.4) is 0 Å². The van der Waals surface area contributed by atoms with Crippen LogP contribution in [0, 0.1) is 5.41 Å². The summed E-state index contributed by atoms with van der Waals surface area (Å²) >= 11 is 0. The molecular formula is C20H29N3O4. The fraction of sp³-hybridized carbons (Fsp3) is 0.550. The molecule has 3 amide bonds. The Morgan fingerprint density at radius 3 is 2.26 bits per heavy atom. The van der Waals surface area contributed by atoms with Gasteiger partial charge < -0.3 is 9.47 Å². The Morgan fingerprint density at radius 2 is 1.67 bits per heavy atom. The summed E-state index contributed by atoms with van der Waals surface area (Å²) in [6.45, 7) is 4.53. The fourth-order valence-corrected chi connectivity index (χ4v) is 3.55. The lowest BCUT2D eigenvalue weighted by Crippen LogP contribution is -2.62. The third-order valence-electron chi connectivity index (χ3n) is 4.82. The molecule has 2 rings (SSSR count). The molecule has 1 aliphatic rings. The summed E-state index contributed by atoms with van der Waals surface area (Å²) in [7, 11) is 3.20. The number of ether oxygens (including phenoxy) is 2. The Labute approximate surface area is 160 Å². The number of benzene rings is 1. The molecule has 2 N–H and O–H groups in total. The summed E-state index contributed by atoms with van der Waals surface area (Å²) in [4.78, 5) is 29.1. The number of nitrogens with zero attached hydrogens (tertiary/aromatic N) is 1. The summed E-state index contributed by atoms with van der Waals surface area (Å²) < 4.78 is 10.6. The molecule has 148 valence electrons. The highest BCUT2D eigenvalue weighted by Gasteiger charge is 2.46. The van der Waals surface area contributed by atoms with E-state index in [9.17, 15) is 9.59 Å². The van der Waals surface area contributed by atoms with E-state index in [2.05, 4.69) is 15.6 Å². The first-order chi connectivity index (χ1) is 13.0. The Hall–Kier alpha value is -2.57. The number of nitrogens with one attached hydrogen (secondary N) is 2. The van der Waals surface area contributed by atoms with E-state index in [0.29, 0.717) is 43.1 Å². The van der Waals surface area contributed by atoms with Gasteiger partial charge in [-0.1, -0.05) is 32.8 Å². The lowest BCUT2D eigenvalue weighted by Gasteiger charge is -2.36. The Bertz CT molecular complexity index is 709. The zero-order valence-electron chi connectivity index (χ0n) is 16.6. The second kappa shape index (κ2) is 9.39. The SMILES string of the molecule is CCCC1(CCC)C(=O)NC(=O)NC1=NCCc1ccc(OC)c(OC)c1. The van der Waals surface area contributed by atoms with Gasteiger partial charge in [-0.15, -0.1) is 0 Å². The van der Waals surface area contributed by atoms with Crippen molar-refractivity contribution >= 4 is 17.8 Å². The number of hydrogen-bond acceptors (Lipinski definition) is 5.